The summed E-state index contributed by atoms with van der Waals surface area (Å²) >= 11 is 0. The summed E-state index contributed by atoms with van der Waals surface area (Å²) in [5.74, 6) is 0. The van der Waals surface area contributed by atoms with Crippen molar-refractivity contribution in [3.63, 3.8) is 0 Å². The van der Waals surface area contributed by atoms with Crippen molar-refractivity contribution >= 4 is 17.4 Å². The van der Waals surface area contributed by atoms with Crippen LogP contribution in [0.5, 0.6) is 0 Å². The molecule has 0 saturated heterocycles. The van der Waals surface area contributed by atoms with E-state index in [4.69, 9.17) is 0 Å². The van der Waals surface area contributed by atoms with Crippen LogP contribution in [0.25, 0.3) is 0 Å². The molecule has 0 aliphatic rings. The highest BCUT2D eigenvalue weighted by Crippen LogP contribution is 2.14. The Morgan fingerprint density at radius 3 is 2.61 bits per heavy atom. The van der Waals surface area contributed by atoms with E-state index >= 15 is 0 Å². The average Bonchev–Trinajstić information content (AvgIpc) is 2.42. The predicted octanol–water partition coefficient (Wildman–Crippen LogP) is 3.14. The van der Waals surface area contributed by atoms with E-state index in [1.165, 1.54) is 0 Å². The van der Waals surface area contributed by atoms with E-state index in [0.717, 1.165) is 5.69 Å². The van der Waals surface area contributed by atoms with Crippen molar-refractivity contribution in [3.05, 3.63) is 54.9 Å². The minimum Gasteiger partial charge on any atom is -0.306 e. The molecule has 0 spiro atoms. The van der Waals surface area contributed by atoms with Crippen molar-refractivity contribution < 1.29 is 4.79 Å². The van der Waals surface area contributed by atoms with E-state index in [0.29, 0.717) is 12.2 Å². The maximum absolute atomic E-state index is 12.1. The fourth-order valence-corrected chi connectivity index (χ4v) is 1.68. The molecule has 2 rings (SSSR count). The summed E-state index contributed by atoms with van der Waals surface area (Å²) in [7, 11) is 0. The monoisotopic (exact) mass is 241 g/mol. The second kappa shape index (κ2) is 5.82. The van der Waals surface area contributed by atoms with E-state index in [-0.39, 0.29) is 6.03 Å². The Balaban J connectivity index is 2.12. The predicted molar refractivity (Wildman–Crippen MR) is 72.7 cm³/mol. The SMILES string of the molecule is CCN(C(=O)Nc1cccnc1)c1ccccc1. The number of urea groups is 1. The highest BCUT2D eigenvalue weighted by Gasteiger charge is 2.13. The average molecular weight is 241 g/mol. The lowest BCUT2D eigenvalue weighted by atomic mass is 10.3. The van der Waals surface area contributed by atoms with E-state index in [1.54, 1.807) is 23.4 Å². The van der Waals surface area contributed by atoms with Crippen LogP contribution in [0, 0.1) is 0 Å². The number of para-hydroxylation sites is 1. The Morgan fingerprint density at radius 1 is 1.22 bits per heavy atom. The van der Waals surface area contributed by atoms with Crippen LogP contribution in [0.2, 0.25) is 0 Å². The van der Waals surface area contributed by atoms with Gasteiger partial charge >= 0.3 is 6.03 Å². The number of anilines is 2. The number of rotatable bonds is 3. The number of hydrogen-bond donors (Lipinski definition) is 1. The Morgan fingerprint density at radius 2 is 2.00 bits per heavy atom. The smallest absolute Gasteiger partial charge is 0.306 e. The van der Waals surface area contributed by atoms with Gasteiger partial charge in [-0.15, -0.1) is 0 Å². The first-order valence-corrected chi connectivity index (χ1v) is 5.85. The molecule has 2 aromatic rings. The summed E-state index contributed by atoms with van der Waals surface area (Å²) in [6.45, 7) is 2.55. The molecule has 1 aromatic heterocycles. The van der Waals surface area contributed by atoms with Crippen molar-refractivity contribution in [1.29, 1.82) is 0 Å². The summed E-state index contributed by atoms with van der Waals surface area (Å²) in [4.78, 5) is 17.8. The molecule has 2 amide bonds. The number of benzene rings is 1. The Kier molecular flexibility index (Phi) is 3.91. The van der Waals surface area contributed by atoms with Crippen LogP contribution >= 0.6 is 0 Å². The lowest BCUT2D eigenvalue weighted by molar-refractivity contribution is 0.257. The van der Waals surface area contributed by atoms with Crippen LogP contribution in [0.15, 0.2) is 54.9 Å². The molecule has 0 saturated carbocycles. The fourth-order valence-electron chi connectivity index (χ4n) is 1.68. The molecule has 0 unspecified atom stereocenters. The zero-order valence-electron chi connectivity index (χ0n) is 10.2. The summed E-state index contributed by atoms with van der Waals surface area (Å²) in [5, 5.41) is 2.82. The standard InChI is InChI=1S/C14H15N3O/c1-2-17(13-8-4-3-5-9-13)14(18)16-12-7-6-10-15-11-12/h3-11H,2H2,1H3,(H,16,18). The topological polar surface area (TPSA) is 45.2 Å². The van der Waals surface area contributed by atoms with Crippen LogP contribution in [-0.2, 0) is 0 Å². The number of carbonyl (C=O) groups is 1. The molecule has 4 nitrogen and oxygen atoms in total. The Hall–Kier alpha value is -2.36. The van der Waals surface area contributed by atoms with Crippen molar-refractivity contribution in [2.75, 3.05) is 16.8 Å². The van der Waals surface area contributed by atoms with E-state index in [2.05, 4.69) is 10.3 Å². The van der Waals surface area contributed by atoms with Crippen LogP contribution < -0.4 is 10.2 Å². The highest BCUT2D eigenvalue weighted by molar-refractivity contribution is 6.01. The third kappa shape index (κ3) is 2.85. The van der Waals surface area contributed by atoms with Gasteiger partial charge in [-0.3, -0.25) is 9.88 Å². The first-order valence-electron chi connectivity index (χ1n) is 5.85. The minimum absolute atomic E-state index is 0.156. The van der Waals surface area contributed by atoms with Gasteiger partial charge in [-0.25, -0.2) is 4.79 Å². The molecule has 1 aromatic carbocycles. The molecule has 0 bridgehead atoms. The van der Waals surface area contributed by atoms with Gasteiger partial charge in [0.1, 0.15) is 0 Å². The summed E-state index contributed by atoms with van der Waals surface area (Å²) in [6.07, 6.45) is 3.29. The lowest BCUT2D eigenvalue weighted by Gasteiger charge is -2.21. The quantitative estimate of drug-likeness (QED) is 0.897. The van der Waals surface area contributed by atoms with Crippen molar-refractivity contribution in [1.82, 2.24) is 4.98 Å². The first-order chi connectivity index (χ1) is 8.81. The molecule has 0 aliphatic carbocycles. The molecule has 0 radical (unpaired) electrons. The number of nitrogens with zero attached hydrogens (tertiary/aromatic N) is 2. The summed E-state index contributed by atoms with van der Waals surface area (Å²) in [6, 6.07) is 13.0. The van der Waals surface area contributed by atoms with Gasteiger partial charge in [-0.05, 0) is 31.2 Å². The number of amides is 2. The second-order valence-corrected chi connectivity index (χ2v) is 3.75. The maximum Gasteiger partial charge on any atom is 0.326 e. The second-order valence-electron chi connectivity index (χ2n) is 3.75. The van der Waals surface area contributed by atoms with Gasteiger partial charge in [0.15, 0.2) is 0 Å². The van der Waals surface area contributed by atoms with Crippen molar-refractivity contribution in [2.24, 2.45) is 0 Å². The van der Waals surface area contributed by atoms with Gasteiger partial charge in [0, 0.05) is 18.4 Å². The molecule has 0 fully saturated rings. The van der Waals surface area contributed by atoms with Crippen LogP contribution in [-0.4, -0.2) is 17.6 Å². The molecular weight excluding hydrogens is 226 g/mol. The Bertz CT molecular complexity index is 499. The van der Waals surface area contributed by atoms with Crippen LogP contribution in [0.1, 0.15) is 6.92 Å². The third-order valence-electron chi connectivity index (χ3n) is 2.54. The van der Waals surface area contributed by atoms with Gasteiger partial charge in [0.05, 0.1) is 11.9 Å². The van der Waals surface area contributed by atoms with Gasteiger partial charge in [-0.1, -0.05) is 18.2 Å². The fraction of sp³-hybridized carbons (Fsp3) is 0.143. The molecular formula is C14H15N3O. The summed E-state index contributed by atoms with van der Waals surface area (Å²) in [5.41, 5.74) is 1.57. The van der Waals surface area contributed by atoms with E-state index in [1.807, 2.05) is 43.3 Å². The molecule has 1 heterocycles. The van der Waals surface area contributed by atoms with Crippen LogP contribution in [0.3, 0.4) is 0 Å². The molecule has 1 N–H and O–H groups in total. The van der Waals surface area contributed by atoms with Gasteiger partial charge in [0.2, 0.25) is 0 Å². The number of pyridine rings is 1. The zero-order chi connectivity index (χ0) is 12.8. The highest BCUT2D eigenvalue weighted by atomic mass is 16.2. The van der Waals surface area contributed by atoms with Gasteiger partial charge in [-0.2, -0.15) is 0 Å². The van der Waals surface area contributed by atoms with Crippen molar-refractivity contribution in [2.45, 2.75) is 6.92 Å². The number of nitrogens with one attached hydrogen (secondary N) is 1. The van der Waals surface area contributed by atoms with E-state index in [9.17, 15) is 4.79 Å². The van der Waals surface area contributed by atoms with E-state index < -0.39 is 0 Å². The molecule has 0 atom stereocenters. The molecule has 0 aliphatic heterocycles. The van der Waals surface area contributed by atoms with Crippen molar-refractivity contribution in [3.8, 4) is 0 Å². The Labute approximate surface area is 106 Å². The van der Waals surface area contributed by atoms with Crippen LogP contribution in [0.4, 0.5) is 16.2 Å². The van der Waals surface area contributed by atoms with Gasteiger partial charge < -0.3 is 5.32 Å². The summed E-state index contributed by atoms with van der Waals surface area (Å²) < 4.78 is 0. The number of hydrogen-bond acceptors (Lipinski definition) is 2. The third-order valence-corrected chi connectivity index (χ3v) is 2.54. The zero-order valence-corrected chi connectivity index (χ0v) is 10.2. The number of carbonyl (C=O) groups excluding carboxylic acids is 1. The lowest BCUT2D eigenvalue weighted by Crippen LogP contribution is -2.34. The number of aromatic nitrogens is 1. The van der Waals surface area contributed by atoms with Gasteiger partial charge in [0.25, 0.3) is 0 Å². The maximum atomic E-state index is 12.1. The first kappa shape index (κ1) is 12.1. The molecule has 92 valence electrons. The largest absolute Gasteiger partial charge is 0.326 e. The normalized spacial score (nSPS) is 9.83. The molecule has 18 heavy (non-hydrogen) atoms. The minimum atomic E-state index is -0.156. The molecule has 4 heteroatoms.